The summed E-state index contributed by atoms with van der Waals surface area (Å²) in [6.07, 6.45) is 3.96. The van der Waals surface area contributed by atoms with E-state index in [9.17, 15) is 4.79 Å². The molecule has 1 atom stereocenters. The van der Waals surface area contributed by atoms with Crippen LogP contribution in [0.2, 0.25) is 0 Å². The van der Waals surface area contributed by atoms with Gasteiger partial charge < -0.3 is 0 Å². The average molecular weight is 320 g/mol. The number of carbonyl (C=O) groups excluding carboxylic acids is 1. The van der Waals surface area contributed by atoms with Crippen LogP contribution in [-0.2, 0) is 27.8 Å². The normalized spacial score (nSPS) is 12.7. The van der Waals surface area contributed by atoms with Crippen molar-refractivity contribution in [2.75, 3.05) is 7.11 Å². The van der Waals surface area contributed by atoms with Gasteiger partial charge in [-0.2, -0.15) is 0 Å². The summed E-state index contributed by atoms with van der Waals surface area (Å²) in [6.45, 7) is 0. The van der Waals surface area contributed by atoms with E-state index in [-0.39, 0.29) is 5.97 Å². The number of ether oxygens (including phenoxy) is 1. The zero-order valence-corrected chi connectivity index (χ0v) is 11.9. The molecule has 61 valence electrons. The first-order valence-corrected chi connectivity index (χ1v) is 6.66. The average Bonchev–Trinajstić information content (AvgIpc) is 1.97. The Kier molecular flexibility index (Phi) is 8.03. The molecule has 11 heavy (non-hydrogen) atoms. The van der Waals surface area contributed by atoms with E-state index in [2.05, 4.69) is 27.3 Å². The number of methoxy groups -OCH3 is 1. The van der Waals surface area contributed by atoms with E-state index < -0.39 is 0 Å². The van der Waals surface area contributed by atoms with Gasteiger partial charge in [0.05, 0.1) is 0 Å². The molecule has 0 aliphatic heterocycles. The van der Waals surface area contributed by atoms with Gasteiger partial charge in [-0.05, 0) is 0 Å². The molecule has 0 saturated heterocycles. The predicted molar refractivity (Wildman–Crippen MR) is 48.3 cm³/mol. The second-order valence-corrected chi connectivity index (χ2v) is 9.74. The van der Waals surface area contributed by atoms with Crippen LogP contribution >= 0.6 is 22.6 Å². The van der Waals surface area contributed by atoms with Crippen molar-refractivity contribution >= 4 is 28.6 Å². The summed E-state index contributed by atoms with van der Waals surface area (Å²) in [5.74, 6) is -0.0814. The molecule has 0 amide bonds. The van der Waals surface area contributed by atoms with Crippen LogP contribution in [0.5, 0.6) is 0 Å². The molecule has 0 saturated carbocycles. The Labute approximate surface area is 91.3 Å². The number of rotatable bonds is 5. The maximum atomic E-state index is 10.6. The van der Waals surface area contributed by atoms with Gasteiger partial charge in [0.25, 0.3) is 0 Å². The Hall–Kier alpha value is 0.823. The molecule has 0 aromatic carbocycles. The summed E-state index contributed by atoms with van der Waals surface area (Å²) in [7, 11) is 1.44. The number of halogens is 1. The molecule has 1 unspecified atom stereocenters. The molecule has 0 rings (SSSR count). The van der Waals surface area contributed by atoms with E-state index in [0.29, 0.717) is 6.42 Å². The third-order valence-corrected chi connectivity index (χ3v) is 2.86. The molecule has 0 aromatic rings. The van der Waals surface area contributed by atoms with E-state index >= 15 is 0 Å². The quantitative estimate of drug-likeness (QED) is 0.255. The maximum absolute atomic E-state index is 10.6. The number of esters is 1. The van der Waals surface area contributed by atoms with Crippen molar-refractivity contribution in [1.82, 2.24) is 0 Å². The second-order valence-electron chi connectivity index (χ2n) is 2.42. The van der Waals surface area contributed by atoms with Crippen molar-refractivity contribution in [3.8, 4) is 0 Å². The molecular weight excluding hydrogens is 308 g/mol. The summed E-state index contributed by atoms with van der Waals surface area (Å²) in [6, 6.07) is 0. The molecule has 0 fully saturated rings. The Balaban J connectivity index is 3.08. The number of unbranched alkanes of at least 4 members (excludes halogenated alkanes) is 1. The van der Waals surface area contributed by atoms with E-state index in [0.717, 1.165) is 15.4 Å². The van der Waals surface area contributed by atoms with Gasteiger partial charge in [0.1, 0.15) is 0 Å². The van der Waals surface area contributed by atoms with Gasteiger partial charge in [0.2, 0.25) is 0 Å². The molecule has 2 nitrogen and oxygen atoms in total. The Morgan fingerprint density at radius 1 is 1.64 bits per heavy atom. The van der Waals surface area contributed by atoms with Gasteiger partial charge in [-0.25, -0.2) is 0 Å². The van der Waals surface area contributed by atoms with Gasteiger partial charge in [-0.1, -0.05) is 0 Å². The first kappa shape index (κ1) is 11.8. The van der Waals surface area contributed by atoms with Crippen molar-refractivity contribution < 1.29 is 27.8 Å². The molecule has 0 aliphatic carbocycles. The Morgan fingerprint density at radius 3 is 2.73 bits per heavy atom. The van der Waals surface area contributed by atoms with Crippen LogP contribution in [0.1, 0.15) is 25.7 Å². The molecular formula is C7H12IO2Zn. The minimum absolute atomic E-state index is 0.0814. The zero-order chi connectivity index (χ0) is 8.69. The number of alkyl halides is 1. The summed E-state index contributed by atoms with van der Waals surface area (Å²) in [5.41, 5.74) is 0. The molecule has 0 N–H and O–H groups in total. The van der Waals surface area contributed by atoms with E-state index in [1.807, 2.05) is 0 Å². The minimum atomic E-state index is -0.0814. The van der Waals surface area contributed by atoms with Crippen LogP contribution in [0.4, 0.5) is 0 Å². The molecule has 4 heteroatoms. The van der Waals surface area contributed by atoms with Crippen molar-refractivity contribution in [3.63, 3.8) is 0 Å². The Bertz CT molecular complexity index is 117. The van der Waals surface area contributed by atoms with Crippen LogP contribution in [-0.4, -0.2) is 15.6 Å². The van der Waals surface area contributed by atoms with Crippen molar-refractivity contribution in [2.24, 2.45) is 0 Å². The third-order valence-electron chi connectivity index (χ3n) is 1.38. The second kappa shape index (κ2) is 7.47. The fourth-order valence-corrected chi connectivity index (χ4v) is 1.78. The molecule has 0 bridgehead atoms. The number of carbonyl (C=O) groups is 1. The van der Waals surface area contributed by atoms with E-state index in [1.165, 1.54) is 31.8 Å². The topological polar surface area (TPSA) is 26.3 Å². The predicted octanol–water partition coefficient (Wildman–Crippen LogP) is 2.03. The Morgan fingerprint density at radius 2 is 2.27 bits per heavy atom. The third kappa shape index (κ3) is 8.73. The van der Waals surface area contributed by atoms with Crippen LogP contribution < -0.4 is 0 Å². The fourth-order valence-electron chi connectivity index (χ4n) is 0.737. The first-order valence-electron chi connectivity index (χ1n) is 3.70. The summed E-state index contributed by atoms with van der Waals surface area (Å²) in [5, 5.41) is 0. The van der Waals surface area contributed by atoms with Crippen LogP contribution in [0.15, 0.2) is 0 Å². The molecule has 0 aliphatic rings. The van der Waals surface area contributed by atoms with Crippen LogP contribution in [0.25, 0.3) is 0 Å². The fraction of sp³-hybridized carbons (Fsp3) is 0.857. The van der Waals surface area contributed by atoms with Crippen molar-refractivity contribution in [2.45, 2.75) is 28.2 Å². The monoisotopic (exact) mass is 319 g/mol. The van der Waals surface area contributed by atoms with Gasteiger partial charge >= 0.3 is 91.7 Å². The van der Waals surface area contributed by atoms with Gasteiger partial charge in [-0.3, -0.25) is 0 Å². The SMILES string of the molecule is COC(=O)CCCC[CH]([Zn])I. The molecule has 0 spiro atoms. The van der Waals surface area contributed by atoms with Crippen molar-refractivity contribution in [1.29, 1.82) is 0 Å². The summed E-state index contributed by atoms with van der Waals surface area (Å²) in [4.78, 5) is 10.6. The van der Waals surface area contributed by atoms with Crippen LogP contribution in [0.3, 0.4) is 0 Å². The van der Waals surface area contributed by atoms with Gasteiger partial charge in [0, 0.05) is 0 Å². The summed E-state index contributed by atoms with van der Waals surface area (Å²) >= 11 is 3.79. The van der Waals surface area contributed by atoms with Crippen molar-refractivity contribution in [3.05, 3.63) is 0 Å². The molecule has 0 aromatic heterocycles. The van der Waals surface area contributed by atoms with Crippen LogP contribution in [0, 0.1) is 0 Å². The number of hydrogen-bond donors (Lipinski definition) is 0. The molecule has 0 heterocycles. The summed E-state index contributed by atoms with van der Waals surface area (Å²) < 4.78 is 5.36. The first-order chi connectivity index (χ1) is 5.16. The standard InChI is InChI=1S/C7H12IO2.Zn/c1-10-7(9)5-3-2-4-6-8;/h6H,2-5H2,1H3;. The van der Waals surface area contributed by atoms with E-state index in [4.69, 9.17) is 0 Å². The number of hydrogen-bond acceptors (Lipinski definition) is 2. The van der Waals surface area contributed by atoms with Gasteiger partial charge in [-0.15, -0.1) is 0 Å². The van der Waals surface area contributed by atoms with Gasteiger partial charge in [0.15, 0.2) is 0 Å². The zero-order valence-electron chi connectivity index (χ0n) is 6.81. The molecule has 0 radical (unpaired) electrons. The van der Waals surface area contributed by atoms with E-state index in [1.54, 1.807) is 0 Å².